The van der Waals surface area contributed by atoms with Crippen LogP contribution in [0.2, 0.25) is 5.02 Å². The summed E-state index contributed by atoms with van der Waals surface area (Å²) in [6, 6.07) is 0.896. The van der Waals surface area contributed by atoms with Gasteiger partial charge < -0.3 is 9.47 Å². The van der Waals surface area contributed by atoms with Crippen molar-refractivity contribution in [2.24, 2.45) is 0 Å². The Balaban J connectivity index is 3.25. The molecule has 4 nitrogen and oxygen atoms in total. The summed E-state index contributed by atoms with van der Waals surface area (Å²) in [5.41, 5.74) is -0.773. The second-order valence-electron chi connectivity index (χ2n) is 2.94. The van der Waals surface area contributed by atoms with E-state index < -0.39 is 18.0 Å². The SMILES string of the molecule is CCOC(=O)c1cc(C(F)F)c(Cl)c(OC)n1. The molecule has 0 unspecified atom stereocenters. The van der Waals surface area contributed by atoms with Crippen LogP contribution in [0.5, 0.6) is 5.88 Å². The van der Waals surface area contributed by atoms with Crippen LogP contribution in [0.3, 0.4) is 0 Å². The van der Waals surface area contributed by atoms with Gasteiger partial charge in [0, 0.05) is 5.56 Å². The average Bonchev–Trinajstić information content (AvgIpc) is 2.29. The summed E-state index contributed by atoms with van der Waals surface area (Å²) in [6.07, 6.45) is -2.83. The summed E-state index contributed by atoms with van der Waals surface area (Å²) in [7, 11) is 1.22. The first-order chi connectivity index (χ1) is 8.01. The van der Waals surface area contributed by atoms with Crippen molar-refractivity contribution in [3.8, 4) is 5.88 Å². The smallest absolute Gasteiger partial charge is 0.357 e. The molecule has 1 heterocycles. The second kappa shape index (κ2) is 5.77. The Morgan fingerprint density at radius 1 is 1.59 bits per heavy atom. The highest BCUT2D eigenvalue weighted by Gasteiger charge is 2.21. The van der Waals surface area contributed by atoms with Gasteiger partial charge in [0.1, 0.15) is 5.02 Å². The fourth-order valence-corrected chi connectivity index (χ4v) is 1.38. The van der Waals surface area contributed by atoms with Crippen molar-refractivity contribution in [1.82, 2.24) is 4.98 Å². The van der Waals surface area contributed by atoms with E-state index in [9.17, 15) is 13.6 Å². The lowest BCUT2D eigenvalue weighted by Crippen LogP contribution is -2.09. The summed E-state index contributed by atoms with van der Waals surface area (Å²) in [5.74, 6) is -1.03. The Morgan fingerprint density at radius 3 is 2.71 bits per heavy atom. The first-order valence-electron chi connectivity index (χ1n) is 4.71. The number of carbonyl (C=O) groups excluding carboxylic acids is 1. The monoisotopic (exact) mass is 265 g/mol. The zero-order valence-corrected chi connectivity index (χ0v) is 9.92. The minimum atomic E-state index is -2.83. The fourth-order valence-electron chi connectivity index (χ4n) is 1.13. The quantitative estimate of drug-likeness (QED) is 0.786. The minimum Gasteiger partial charge on any atom is -0.480 e. The van der Waals surface area contributed by atoms with Gasteiger partial charge in [0.15, 0.2) is 5.69 Å². The molecule has 0 aliphatic rings. The number of alkyl halides is 2. The van der Waals surface area contributed by atoms with Crippen molar-refractivity contribution < 1.29 is 23.0 Å². The number of rotatable bonds is 4. The van der Waals surface area contributed by atoms with Crippen LogP contribution >= 0.6 is 11.6 Å². The number of carbonyl (C=O) groups is 1. The van der Waals surface area contributed by atoms with Crippen LogP contribution in [0.25, 0.3) is 0 Å². The Bertz CT molecular complexity index is 426. The van der Waals surface area contributed by atoms with E-state index in [0.29, 0.717) is 0 Å². The van der Waals surface area contributed by atoms with Gasteiger partial charge in [0.25, 0.3) is 6.43 Å². The molecule has 0 N–H and O–H groups in total. The molecule has 0 aliphatic carbocycles. The molecule has 1 aromatic heterocycles. The van der Waals surface area contributed by atoms with Gasteiger partial charge in [-0.2, -0.15) is 0 Å². The van der Waals surface area contributed by atoms with Crippen molar-refractivity contribution in [2.45, 2.75) is 13.3 Å². The predicted octanol–water partition coefficient (Wildman–Crippen LogP) is 2.86. The lowest BCUT2D eigenvalue weighted by molar-refractivity contribution is 0.0518. The normalized spacial score (nSPS) is 10.5. The van der Waals surface area contributed by atoms with E-state index in [1.165, 1.54) is 7.11 Å². The van der Waals surface area contributed by atoms with Crippen molar-refractivity contribution in [3.63, 3.8) is 0 Å². The molecule has 0 aliphatic heterocycles. The Hall–Kier alpha value is -1.43. The maximum Gasteiger partial charge on any atom is 0.357 e. The molecular weight excluding hydrogens is 256 g/mol. The molecule has 0 amide bonds. The van der Waals surface area contributed by atoms with Crippen LogP contribution in [0.1, 0.15) is 29.4 Å². The molecule has 7 heteroatoms. The maximum absolute atomic E-state index is 12.7. The Kier molecular flexibility index (Phi) is 4.62. The van der Waals surface area contributed by atoms with Crippen molar-refractivity contribution in [3.05, 3.63) is 22.3 Å². The van der Waals surface area contributed by atoms with E-state index >= 15 is 0 Å². The van der Waals surface area contributed by atoms with Gasteiger partial charge in [0.05, 0.1) is 13.7 Å². The molecule has 0 bridgehead atoms. The zero-order valence-electron chi connectivity index (χ0n) is 9.17. The third kappa shape index (κ3) is 3.03. The first kappa shape index (κ1) is 13.6. The molecule has 0 atom stereocenters. The number of methoxy groups -OCH3 is 1. The van der Waals surface area contributed by atoms with E-state index in [0.717, 1.165) is 6.07 Å². The summed E-state index contributed by atoms with van der Waals surface area (Å²) < 4.78 is 34.7. The van der Waals surface area contributed by atoms with Gasteiger partial charge in [-0.3, -0.25) is 0 Å². The van der Waals surface area contributed by atoms with Crippen molar-refractivity contribution in [2.75, 3.05) is 13.7 Å². The lowest BCUT2D eigenvalue weighted by Gasteiger charge is -2.09. The molecule has 17 heavy (non-hydrogen) atoms. The summed E-state index contributed by atoms with van der Waals surface area (Å²) in [5, 5.41) is -0.310. The van der Waals surface area contributed by atoms with Gasteiger partial charge >= 0.3 is 5.97 Å². The molecular formula is C10H10ClF2NO3. The molecule has 1 rings (SSSR count). The molecule has 94 valence electrons. The molecule has 0 fully saturated rings. The number of ether oxygens (including phenoxy) is 2. The Morgan fingerprint density at radius 2 is 2.24 bits per heavy atom. The van der Waals surface area contributed by atoms with Crippen LogP contribution in [0.15, 0.2) is 6.07 Å². The number of aromatic nitrogens is 1. The largest absolute Gasteiger partial charge is 0.480 e. The van der Waals surface area contributed by atoms with Gasteiger partial charge in [0.2, 0.25) is 5.88 Å². The highest BCUT2D eigenvalue weighted by atomic mass is 35.5. The number of nitrogens with zero attached hydrogens (tertiary/aromatic N) is 1. The van der Waals surface area contributed by atoms with E-state index in [-0.39, 0.29) is 23.2 Å². The predicted molar refractivity (Wildman–Crippen MR) is 56.7 cm³/mol. The third-order valence-corrected chi connectivity index (χ3v) is 2.25. The number of hydrogen-bond donors (Lipinski definition) is 0. The molecule has 0 aromatic carbocycles. The number of esters is 1. The first-order valence-corrected chi connectivity index (χ1v) is 5.08. The van der Waals surface area contributed by atoms with Crippen LogP contribution in [-0.4, -0.2) is 24.7 Å². The van der Waals surface area contributed by atoms with Crippen molar-refractivity contribution in [1.29, 1.82) is 0 Å². The molecule has 1 aromatic rings. The maximum atomic E-state index is 12.7. The van der Waals surface area contributed by atoms with Crippen LogP contribution < -0.4 is 4.74 Å². The van der Waals surface area contributed by atoms with Crippen LogP contribution in [-0.2, 0) is 4.74 Å². The molecule has 0 radical (unpaired) electrons. The van der Waals surface area contributed by atoms with Gasteiger partial charge in [-0.25, -0.2) is 18.6 Å². The topological polar surface area (TPSA) is 48.4 Å². The lowest BCUT2D eigenvalue weighted by atomic mass is 10.2. The number of hydrogen-bond acceptors (Lipinski definition) is 4. The molecule has 0 saturated heterocycles. The van der Waals surface area contributed by atoms with E-state index in [1.54, 1.807) is 6.92 Å². The van der Waals surface area contributed by atoms with E-state index in [2.05, 4.69) is 9.72 Å². The van der Waals surface area contributed by atoms with Crippen molar-refractivity contribution >= 4 is 17.6 Å². The summed E-state index contributed by atoms with van der Waals surface area (Å²) in [6.45, 7) is 1.72. The van der Waals surface area contributed by atoms with Gasteiger partial charge in [-0.05, 0) is 13.0 Å². The van der Waals surface area contributed by atoms with E-state index in [4.69, 9.17) is 16.3 Å². The van der Waals surface area contributed by atoms with Gasteiger partial charge in [-0.15, -0.1) is 0 Å². The van der Waals surface area contributed by atoms with E-state index in [1.807, 2.05) is 0 Å². The summed E-state index contributed by atoms with van der Waals surface area (Å²) in [4.78, 5) is 15.1. The highest BCUT2D eigenvalue weighted by molar-refractivity contribution is 6.32. The average molecular weight is 266 g/mol. The Labute approximate surface area is 101 Å². The number of halogens is 3. The zero-order chi connectivity index (χ0) is 13.0. The molecule has 0 saturated carbocycles. The minimum absolute atomic E-state index is 0.121. The van der Waals surface area contributed by atoms with Crippen LogP contribution in [0, 0.1) is 0 Å². The van der Waals surface area contributed by atoms with Gasteiger partial charge in [-0.1, -0.05) is 11.6 Å². The fraction of sp³-hybridized carbons (Fsp3) is 0.400. The third-order valence-electron chi connectivity index (χ3n) is 1.87. The standard InChI is InChI=1S/C10H10ClF2NO3/c1-3-17-10(15)6-4-5(8(12)13)7(11)9(14-6)16-2/h4,8H,3H2,1-2H3. The molecule has 0 spiro atoms. The number of pyridine rings is 1. The summed E-state index contributed by atoms with van der Waals surface area (Å²) >= 11 is 5.64. The second-order valence-corrected chi connectivity index (χ2v) is 3.32. The highest BCUT2D eigenvalue weighted by Crippen LogP contribution is 2.33. The van der Waals surface area contributed by atoms with Crippen LogP contribution in [0.4, 0.5) is 8.78 Å².